The quantitative estimate of drug-likeness (QED) is 0.488. The number of carbonyl (C=O) groups is 1. The number of hydrogen-bond donors (Lipinski definition) is 0. The van der Waals surface area contributed by atoms with Crippen LogP contribution in [0, 0.1) is 6.92 Å². The standard InChI is InChI=1S/C22H17N3OS/c1-16-12-14-18(15-13-16)23-22-25(19-10-6-3-7-11-19)24-21(27-22)20(26)17-8-4-2-5-9-17/h2-15H,1H3/b23-22-. The Balaban J connectivity index is 1.85. The van der Waals surface area contributed by atoms with Crippen molar-refractivity contribution in [2.45, 2.75) is 6.92 Å². The Morgan fingerprint density at radius 2 is 1.52 bits per heavy atom. The van der Waals surface area contributed by atoms with E-state index in [1.807, 2.05) is 79.7 Å². The van der Waals surface area contributed by atoms with Gasteiger partial charge in [0.25, 0.3) is 0 Å². The SMILES string of the molecule is Cc1ccc(/N=c2\sc(C(=O)c3ccccc3)nn2-c2ccccc2)cc1. The van der Waals surface area contributed by atoms with Crippen molar-refractivity contribution in [3.63, 3.8) is 0 Å². The van der Waals surface area contributed by atoms with E-state index in [4.69, 9.17) is 4.99 Å². The summed E-state index contributed by atoms with van der Waals surface area (Å²) < 4.78 is 1.72. The number of hydrogen-bond acceptors (Lipinski definition) is 4. The lowest BCUT2D eigenvalue weighted by Gasteiger charge is -2.00. The summed E-state index contributed by atoms with van der Waals surface area (Å²) in [6, 6.07) is 26.9. The molecule has 0 aliphatic heterocycles. The third-order valence-electron chi connectivity index (χ3n) is 4.05. The van der Waals surface area contributed by atoms with Crippen LogP contribution in [0.1, 0.15) is 20.9 Å². The van der Waals surface area contributed by atoms with Crippen molar-refractivity contribution in [3.05, 3.63) is 106 Å². The minimum Gasteiger partial charge on any atom is -0.286 e. The highest BCUT2D eigenvalue weighted by Crippen LogP contribution is 2.15. The number of nitrogens with zero attached hydrogens (tertiary/aromatic N) is 3. The van der Waals surface area contributed by atoms with E-state index in [1.165, 1.54) is 16.9 Å². The molecular weight excluding hydrogens is 354 g/mol. The van der Waals surface area contributed by atoms with Crippen LogP contribution in [0.25, 0.3) is 5.69 Å². The second-order valence-electron chi connectivity index (χ2n) is 6.08. The molecule has 0 saturated heterocycles. The number of carbonyl (C=O) groups excluding carboxylic acids is 1. The molecule has 0 aliphatic rings. The Hall–Kier alpha value is -3.31. The van der Waals surface area contributed by atoms with Crippen LogP contribution in [0.3, 0.4) is 0 Å². The largest absolute Gasteiger partial charge is 0.286 e. The van der Waals surface area contributed by atoms with Crippen LogP contribution in [0.4, 0.5) is 5.69 Å². The maximum absolute atomic E-state index is 12.8. The van der Waals surface area contributed by atoms with Gasteiger partial charge in [0.15, 0.2) is 5.01 Å². The lowest BCUT2D eigenvalue weighted by atomic mass is 10.1. The first-order chi connectivity index (χ1) is 13.2. The lowest BCUT2D eigenvalue weighted by molar-refractivity contribution is 0.103. The molecule has 0 unspecified atom stereocenters. The Kier molecular flexibility index (Phi) is 4.77. The van der Waals surface area contributed by atoms with E-state index in [9.17, 15) is 4.79 Å². The van der Waals surface area contributed by atoms with Gasteiger partial charge in [-0.2, -0.15) is 5.10 Å². The van der Waals surface area contributed by atoms with Crippen LogP contribution < -0.4 is 4.80 Å². The smallest absolute Gasteiger partial charge is 0.223 e. The molecule has 0 atom stereocenters. The monoisotopic (exact) mass is 371 g/mol. The summed E-state index contributed by atoms with van der Waals surface area (Å²) in [5, 5.41) is 4.98. The average Bonchev–Trinajstić information content (AvgIpc) is 3.14. The molecule has 4 nitrogen and oxygen atoms in total. The predicted molar refractivity (Wildman–Crippen MR) is 108 cm³/mol. The number of benzene rings is 3. The van der Waals surface area contributed by atoms with Crippen molar-refractivity contribution >= 4 is 22.8 Å². The minimum absolute atomic E-state index is 0.101. The summed E-state index contributed by atoms with van der Waals surface area (Å²) in [5.74, 6) is -0.101. The summed E-state index contributed by atoms with van der Waals surface area (Å²) in [4.78, 5) is 18.2. The molecule has 0 aliphatic carbocycles. The average molecular weight is 371 g/mol. The fourth-order valence-corrected chi connectivity index (χ4v) is 3.52. The summed E-state index contributed by atoms with van der Waals surface area (Å²) in [6.45, 7) is 2.04. The van der Waals surface area contributed by atoms with Crippen molar-refractivity contribution in [1.29, 1.82) is 0 Å². The third-order valence-corrected chi connectivity index (χ3v) is 4.96. The molecule has 0 bridgehead atoms. The second-order valence-corrected chi connectivity index (χ2v) is 7.04. The number of aromatic nitrogens is 2. The van der Waals surface area contributed by atoms with E-state index in [1.54, 1.807) is 16.8 Å². The van der Waals surface area contributed by atoms with Gasteiger partial charge in [-0.3, -0.25) is 4.79 Å². The minimum atomic E-state index is -0.101. The highest BCUT2D eigenvalue weighted by molar-refractivity contribution is 7.11. The Morgan fingerprint density at radius 1 is 0.889 bits per heavy atom. The van der Waals surface area contributed by atoms with Crippen molar-refractivity contribution in [1.82, 2.24) is 9.78 Å². The van der Waals surface area contributed by atoms with E-state index in [2.05, 4.69) is 5.10 Å². The van der Waals surface area contributed by atoms with Gasteiger partial charge in [0.1, 0.15) is 0 Å². The van der Waals surface area contributed by atoms with Gasteiger partial charge in [-0.05, 0) is 31.2 Å². The maximum atomic E-state index is 12.8. The van der Waals surface area contributed by atoms with Gasteiger partial charge in [0.05, 0.1) is 11.4 Å². The van der Waals surface area contributed by atoms with Crippen LogP contribution in [0.5, 0.6) is 0 Å². The molecule has 1 aromatic heterocycles. The molecule has 5 heteroatoms. The molecule has 4 rings (SSSR count). The zero-order valence-electron chi connectivity index (χ0n) is 14.7. The summed E-state index contributed by atoms with van der Waals surface area (Å²) in [7, 11) is 0. The third kappa shape index (κ3) is 3.78. The number of ketones is 1. The molecule has 4 aromatic rings. The Labute approximate surface area is 161 Å². The van der Waals surface area contributed by atoms with E-state index < -0.39 is 0 Å². The maximum Gasteiger partial charge on any atom is 0.223 e. The molecule has 0 spiro atoms. The van der Waals surface area contributed by atoms with Gasteiger partial charge >= 0.3 is 0 Å². The zero-order valence-corrected chi connectivity index (χ0v) is 15.6. The Bertz CT molecular complexity index is 1130. The van der Waals surface area contributed by atoms with Gasteiger partial charge in [0.2, 0.25) is 10.6 Å². The summed E-state index contributed by atoms with van der Waals surface area (Å²) in [6.07, 6.45) is 0. The molecule has 3 aromatic carbocycles. The van der Waals surface area contributed by atoms with E-state index in [0.717, 1.165) is 11.4 Å². The zero-order chi connectivity index (χ0) is 18.6. The van der Waals surface area contributed by atoms with Gasteiger partial charge in [0, 0.05) is 5.56 Å². The second kappa shape index (κ2) is 7.51. The normalized spacial score (nSPS) is 11.5. The number of para-hydroxylation sites is 1. The molecule has 132 valence electrons. The molecular formula is C22H17N3OS. The molecule has 0 radical (unpaired) electrons. The molecule has 0 N–H and O–H groups in total. The molecule has 0 amide bonds. The van der Waals surface area contributed by atoms with Crippen molar-refractivity contribution in [3.8, 4) is 5.69 Å². The Morgan fingerprint density at radius 3 is 2.19 bits per heavy atom. The van der Waals surface area contributed by atoms with Gasteiger partial charge in [-0.15, -0.1) is 0 Å². The van der Waals surface area contributed by atoms with Crippen LogP contribution >= 0.6 is 11.3 Å². The van der Waals surface area contributed by atoms with Gasteiger partial charge in [-0.25, -0.2) is 9.67 Å². The highest BCUT2D eigenvalue weighted by atomic mass is 32.1. The number of rotatable bonds is 4. The van der Waals surface area contributed by atoms with Gasteiger partial charge in [-0.1, -0.05) is 77.6 Å². The molecule has 0 saturated carbocycles. The van der Waals surface area contributed by atoms with Crippen LogP contribution in [0.2, 0.25) is 0 Å². The fraction of sp³-hybridized carbons (Fsp3) is 0.0455. The van der Waals surface area contributed by atoms with E-state index in [0.29, 0.717) is 15.4 Å². The summed E-state index contributed by atoms with van der Waals surface area (Å²) >= 11 is 1.29. The first-order valence-electron chi connectivity index (χ1n) is 8.57. The fourth-order valence-electron chi connectivity index (χ4n) is 2.63. The molecule has 1 heterocycles. The van der Waals surface area contributed by atoms with Crippen molar-refractivity contribution in [2.75, 3.05) is 0 Å². The topological polar surface area (TPSA) is 47.2 Å². The van der Waals surface area contributed by atoms with Gasteiger partial charge < -0.3 is 0 Å². The van der Waals surface area contributed by atoms with Crippen molar-refractivity contribution < 1.29 is 4.79 Å². The first-order valence-corrected chi connectivity index (χ1v) is 9.39. The first kappa shape index (κ1) is 17.1. The predicted octanol–water partition coefficient (Wildman–Crippen LogP) is 4.71. The van der Waals surface area contributed by atoms with Crippen LogP contribution in [-0.4, -0.2) is 15.6 Å². The van der Waals surface area contributed by atoms with Crippen LogP contribution in [-0.2, 0) is 0 Å². The molecule has 0 fully saturated rings. The summed E-state index contributed by atoms with van der Waals surface area (Å²) in [5.41, 5.74) is 3.49. The van der Waals surface area contributed by atoms with E-state index in [-0.39, 0.29) is 5.78 Å². The highest BCUT2D eigenvalue weighted by Gasteiger charge is 2.16. The van der Waals surface area contributed by atoms with Crippen molar-refractivity contribution in [2.24, 2.45) is 4.99 Å². The number of aryl methyl sites for hydroxylation is 1. The lowest BCUT2D eigenvalue weighted by Crippen LogP contribution is -2.14. The molecule has 27 heavy (non-hydrogen) atoms. The van der Waals surface area contributed by atoms with Crippen LogP contribution in [0.15, 0.2) is 89.9 Å². The van der Waals surface area contributed by atoms with E-state index >= 15 is 0 Å².